The average Bonchev–Trinajstić information content (AvgIpc) is 2.62. The van der Waals surface area contributed by atoms with Crippen molar-refractivity contribution in [3.05, 3.63) is 53.1 Å². The number of carbonyl (C=O) groups is 1. The van der Waals surface area contributed by atoms with E-state index in [0.29, 0.717) is 29.2 Å². The average molecular weight is 441 g/mol. The highest BCUT2D eigenvalue weighted by atomic mass is 35.5. The van der Waals surface area contributed by atoms with E-state index in [1.165, 1.54) is 16.4 Å². The van der Waals surface area contributed by atoms with E-state index in [0.717, 1.165) is 11.8 Å². The molecule has 0 atom stereocenters. The molecule has 4 N–H and O–H groups in total. The van der Waals surface area contributed by atoms with Crippen LogP contribution in [0, 0.1) is 0 Å². The quantitative estimate of drug-likeness (QED) is 0.387. The van der Waals surface area contributed by atoms with Gasteiger partial charge in [-0.25, -0.2) is 13.4 Å². The molecule has 0 saturated carbocycles. The van der Waals surface area contributed by atoms with E-state index < -0.39 is 10.0 Å². The van der Waals surface area contributed by atoms with E-state index in [1.807, 2.05) is 0 Å². The van der Waals surface area contributed by atoms with Crippen molar-refractivity contribution in [1.29, 1.82) is 0 Å². The van der Waals surface area contributed by atoms with Crippen molar-refractivity contribution in [2.75, 3.05) is 13.1 Å². The molecule has 150 valence electrons. The van der Waals surface area contributed by atoms with E-state index in [-0.39, 0.29) is 21.0 Å². The Kier molecular flexibility index (Phi) is 7.48. The molecule has 0 radical (unpaired) electrons. The molecule has 2 aromatic rings. The number of thioether (sulfide) groups is 1. The summed E-state index contributed by atoms with van der Waals surface area (Å²) < 4.78 is 26.6. The van der Waals surface area contributed by atoms with Crippen LogP contribution in [0.3, 0.4) is 0 Å². The monoisotopic (exact) mass is 440 g/mol. The number of aliphatic imine (C=N–C) groups is 1. The van der Waals surface area contributed by atoms with Crippen molar-refractivity contribution >= 4 is 50.1 Å². The van der Waals surface area contributed by atoms with Crippen molar-refractivity contribution < 1.29 is 13.2 Å². The summed E-state index contributed by atoms with van der Waals surface area (Å²) in [6.45, 7) is 4.21. The van der Waals surface area contributed by atoms with Gasteiger partial charge in [-0.05, 0) is 54.2 Å². The zero-order valence-electron chi connectivity index (χ0n) is 15.4. The number of nitrogens with zero attached hydrogens (tertiary/aromatic N) is 2. The molecule has 0 aliphatic heterocycles. The minimum Gasteiger partial charge on any atom is -0.370 e. The predicted octanol–water partition coefficient (Wildman–Crippen LogP) is 3.21. The molecule has 0 spiro atoms. The molecule has 2 rings (SSSR count). The Morgan fingerprint density at radius 3 is 2.21 bits per heavy atom. The molecule has 0 amide bonds. The van der Waals surface area contributed by atoms with Crippen LogP contribution >= 0.6 is 23.4 Å². The van der Waals surface area contributed by atoms with Gasteiger partial charge in [0.25, 0.3) is 0 Å². The first-order chi connectivity index (χ1) is 13.2. The van der Waals surface area contributed by atoms with Crippen LogP contribution in [0.5, 0.6) is 0 Å². The molecule has 0 fully saturated rings. The van der Waals surface area contributed by atoms with Gasteiger partial charge in [0.15, 0.2) is 5.96 Å². The highest BCUT2D eigenvalue weighted by Crippen LogP contribution is 2.31. The third-order valence-electron chi connectivity index (χ3n) is 3.80. The maximum Gasteiger partial charge on any atom is 0.244 e. The zero-order chi connectivity index (χ0) is 20.9. The fourth-order valence-electron chi connectivity index (χ4n) is 2.44. The highest BCUT2D eigenvalue weighted by molar-refractivity contribution is 8.14. The number of hydrogen-bond donors (Lipinski definition) is 2. The Bertz CT molecular complexity index is 984. The van der Waals surface area contributed by atoms with Gasteiger partial charge in [-0.3, -0.25) is 4.79 Å². The Morgan fingerprint density at radius 2 is 1.71 bits per heavy atom. The van der Waals surface area contributed by atoms with Crippen LogP contribution in [-0.4, -0.2) is 36.9 Å². The summed E-state index contributed by atoms with van der Waals surface area (Å²) in [6, 6.07) is 10.9. The zero-order valence-corrected chi connectivity index (χ0v) is 17.8. The first-order valence-electron chi connectivity index (χ1n) is 8.40. The molecule has 28 heavy (non-hydrogen) atoms. The summed E-state index contributed by atoms with van der Waals surface area (Å²) in [5.74, 6) is -0.0668. The fraction of sp³-hybridized carbons (Fsp3) is 0.222. The highest BCUT2D eigenvalue weighted by Gasteiger charge is 2.24. The maximum atomic E-state index is 12.6. The summed E-state index contributed by atoms with van der Waals surface area (Å²) >= 11 is 7.15. The van der Waals surface area contributed by atoms with Crippen LogP contribution < -0.4 is 11.5 Å². The van der Waals surface area contributed by atoms with Crippen LogP contribution in [0.15, 0.2) is 57.2 Å². The normalized spacial score (nSPS) is 11.4. The summed E-state index contributed by atoms with van der Waals surface area (Å²) in [5, 5.41) is -0.139. The second-order valence-corrected chi connectivity index (χ2v) is 9.01. The van der Waals surface area contributed by atoms with E-state index in [4.69, 9.17) is 23.1 Å². The Hall–Kier alpha value is -2.07. The van der Waals surface area contributed by atoms with Crippen molar-refractivity contribution in [3.63, 3.8) is 0 Å². The standard InChI is InChI=1S/C18H21ClN4O3S2/c1-3-23(4-2)28(25,26)16-10-9-14(11-15(16)19)27-17(24)12-5-7-13(8-6-12)22-18(20)21/h5-11H,3-4H2,1-2H3,(H4,20,21,22). The van der Waals surface area contributed by atoms with Gasteiger partial charge >= 0.3 is 0 Å². The minimum absolute atomic E-state index is 0.0243. The van der Waals surface area contributed by atoms with Gasteiger partial charge in [0.1, 0.15) is 4.90 Å². The molecule has 0 aliphatic rings. The van der Waals surface area contributed by atoms with Crippen LogP contribution in [0.4, 0.5) is 5.69 Å². The topological polar surface area (TPSA) is 119 Å². The SMILES string of the molecule is CCN(CC)S(=O)(=O)c1ccc(SC(=O)c2ccc(N=C(N)N)cc2)cc1Cl. The summed E-state index contributed by atoms with van der Waals surface area (Å²) in [5.41, 5.74) is 11.6. The molecule has 0 saturated heterocycles. The molecule has 10 heteroatoms. The Labute approximate surface area is 173 Å². The number of carbonyl (C=O) groups excluding carboxylic acids is 1. The number of benzene rings is 2. The van der Waals surface area contributed by atoms with Crippen molar-refractivity contribution in [2.45, 2.75) is 23.6 Å². The lowest BCUT2D eigenvalue weighted by Crippen LogP contribution is -2.30. The second-order valence-electron chi connectivity index (χ2n) is 5.65. The third kappa shape index (κ3) is 5.26. The lowest BCUT2D eigenvalue weighted by molar-refractivity contribution is 0.108. The number of sulfonamides is 1. The second kappa shape index (κ2) is 9.42. The lowest BCUT2D eigenvalue weighted by atomic mass is 10.2. The van der Waals surface area contributed by atoms with E-state index in [1.54, 1.807) is 44.2 Å². The molecule has 0 aliphatic carbocycles. The first kappa shape index (κ1) is 22.2. The van der Waals surface area contributed by atoms with E-state index in [2.05, 4.69) is 4.99 Å². The van der Waals surface area contributed by atoms with Gasteiger partial charge < -0.3 is 11.5 Å². The van der Waals surface area contributed by atoms with Gasteiger partial charge in [-0.1, -0.05) is 25.4 Å². The minimum atomic E-state index is -3.67. The van der Waals surface area contributed by atoms with Gasteiger partial charge in [0, 0.05) is 23.5 Å². The largest absolute Gasteiger partial charge is 0.370 e. The first-order valence-corrected chi connectivity index (χ1v) is 11.0. The Balaban J connectivity index is 2.20. The molecular formula is C18H21ClN4O3S2. The van der Waals surface area contributed by atoms with Crippen molar-refractivity contribution in [1.82, 2.24) is 4.31 Å². The molecule has 7 nitrogen and oxygen atoms in total. The van der Waals surface area contributed by atoms with Gasteiger partial charge in [-0.2, -0.15) is 4.31 Å². The summed E-state index contributed by atoms with van der Waals surface area (Å²) in [6.07, 6.45) is 0. The summed E-state index contributed by atoms with van der Waals surface area (Å²) in [7, 11) is -3.67. The summed E-state index contributed by atoms with van der Waals surface area (Å²) in [4.78, 5) is 16.9. The number of hydrogen-bond acceptors (Lipinski definition) is 5. The van der Waals surface area contributed by atoms with Crippen molar-refractivity contribution in [2.24, 2.45) is 16.5 Å². The van der Waals surface area contributed by atoms with E-state index >= 15 is 0 Å². The number of halogens is 1. The molecular weight excluding hydrogens is 420 g/mol. The molecule has 0 aromatic heterocycles. The number of nitrogens with two attached hydrogens (primary N) is 2. The van der Waals surface area contributed by atoms with E-state index in [9.17, 15) is 13.2 Å². The third-order valence-corrected chi connectivity index (χ3v) is 7.24. The van der Waals surface area contributed by atoms with Crippen LogP contribution in [0.25, 0.3) is 0 Å². The van der Waals surface area contributed by atoms with Crippen LogP contribution in [-0.2, 0) is 10.0 Å². The molecule has 2 aromatic carbocycles. The van der Waals surface area contributed by atoms with Crippen molar-refractivity contribution in [3.8, 4) is 0 Å². The maximum absolute atomic E-state index is 12.6. The lowest BCUT2D eigenvalue weighted by Gasteiger charge is -2.19. The number of rotatable bonds is 7. The Morgan fingerprint density at radius 1 is 1.11 bits per heavy atom. The van der Waals surface area contributed by atoms with Gasteiger partial charge in [0.2, 0.25) is 15.1 Å². The van der Waals surface area contributed by atoms with Crippen LogP contribution in [0.1, 0.15) is 24.2 Å². The molecule has 0 unspecified atom stereocenters. The fourth-order valence-corrected chi connectivity index (χ4v) is 5.27. The predicted molar refractivity (Wildman–Crippen MR) is 114 cm³/mol. The van der Waals surface area contributed by atoms with Gasteiger partial charge in [-0.15, -0.1) is 0 Å². The molecule has 0 bridgehead atoms. The van der Waals surface area contributed by atoms with Crippen LogP contribution in [0.2, 0.25) is 5.02 Å². The molecule has 0 heterocycles. The smallest absolute Gasteiger partial charge is 0.244 e. The van der Waals surface area contributed by atoms with Gasteiger partial charge in [0.05, 0.1) is 10.7 Å². The number of guanidine groups is 1.